The van der Waals surface area contributed by atoms with Gasteiger partial charge in [0, 0.05) is 0 Å². The first kappa shape index (κ1) is 14.3. The molecule has 0 fully saturated rings. The summed E-state index contributed by atoms with van der Waals surface area (Å²) in [5.74, 6) is 0. The predicted octanol–water partition coefficient (Wildman–Crippen LogP) is 6.27. The third-order valence-corrected chi connectivity index (χ3v) is 4.96. The maximum atomic E-state index is 2.30. The van der Waals surface area contributed by atoms with Gasteiger partial charge in [-0.2, -0.15) is 0 Å². The van der Waals surface area contributed by atoms with Crippen molar-refractivity contribution in [3.05, 3.63) is 83.4 Å². The Morgan fingerprint density at radius 3 is 2.17 bits per heavy atom. The van der Waals surface area contributed by atoms with E-state index in [1.54, 1.807) is 0 Å². The zero-order valence-corrected chi connectivity index (χ0v) is 13.7. The molecule has 0 heterocycles. The molecule has 0 nitrogen and oxygen atoms in total. The van der Waals surface area contributed by atoms with E-state index in [4.69, 9.17) is 0 Å². The molecular formula is C23H22. The number of unbranched alkanes of at least 4 members (excludes halogenated alkanes) is 1. The van der Waals surface area contributed by atoms with Crippen LogP contribution < -0.4 is 0 Å². The van der Waals surface area contributed by atoms with Gasteiger partial charge in [0.1, 0.15) is 0 Å². The Morgan fingerprint density at radius 1 is 0.696 bits per heavy atom. The quantitative estimate of drug-likeness (QED) is 0.416. The fourth-order valence-corrected chi connectivity index (χ4v) is 3.78. The summed E-state index contributed by atoms with van der Waals surface area (Å²) >= 11 is 0. The van der Waals surface area contributed by atoms with Crippen LogP contribution in [0.1, 0.15) is 36.5 Å². The number of hydrogen-bond donors (Lipinski definition) is 0. The summed E-state index contributed by atoms with van der Waals surface area (Å²) in [6.07, 6.45) is 4.73. The first-order valence-electron chi connectivity index (χ1n) is 8.67. The highest BCUT2D eigenvalue weighted by atomic mass is 14.2. The van der Waals surface area contributed by atoms with E-state index >= 15 is 0 Å². The van der Waals surface area contributed by atoms with E-state index in [2.05, 4.69) is 73.7 Å². The van der Waals surface area contributed by atoms with Gasteiger partial charge in [0.25, 0.3) is 0 Å². The summed E-state index contributed by atoms with van der Waals surface area (Å²) in [5, 5.41) is 0. The Morgan fingerprint density at radius 2 is 1.35 bits per heavy atom. The SMILES string of the molecule is CCCCc1ccccc1-c1cccc2c1Cc1ccccc1-2. The second-order valence-electron chi connectivity index (χ2n) is 6.43. The molecule has 0 saturated heterocycles. The van der Waals surface area contributed by atoms with E-state index < -0.39 is 0 Å². The smallest absolute Gasteiger partial charge is 0.000728 e. The number of rotatable bonds is 4. The first-order chi connectivity index (χ1) is 11.4. The van der Waals surface area contributed by atoms with E-state index in [0.717, 1.165) is 6.42 Å². The Kier molecular flexibility index (Phi) is 3.75. The lowest BCUT2D eigenvalue weighted by atomic mass is 9.91. The molecule has 3 aromatic carbocycles. The van der Waals surface area contributed by atoms with E-state index in [0.29, 0.717) is 0 Å². The molecule has 0 bridgehead atoms. The van der Waals surface area contributed by atoms with Crippen LogP contribution in [0.5, 0.6) is 0 Å². The van der Waals surface area contributed by atoms with Crippen LogP contribution in [0, 0.1) is 0 Å². The lowest BCUT2D eigenvalue weighted by Gasteiger charge is -2.13. The summed E-state index contributed by atoms with van der Waals surface area (Å²) in [6, 6.07) is 24.6. The molecular weight excluding hydrogens is 276 g/mol. The average molecular weight is 298 g/mol. The van der Waals surface area contributed by atoms with Crippen molar-refractivity contribution in [1.29, 1.82) is 0 Å². The van der Waals surface area contributed by atoms with Gasteiger partial charge in [-0.15, -0.1) is 0 Å². The van der Waals surface area contributed by atoms with Crippen LogP contribution in [-0.4, -0.2) is 0 Å². The third-order valence-electron chi connectivity index (χ3n) is 4.96. The molecule has 0 atom stereocenters. The van der Waals surface area contributed by atoms with Crippen LogP contribution in [0.15, 0.2) is 66.7 Å². The molecule has 1 aliphatic carbocycles. The van der Waals surface area contributed by atoms with Crippen LogP contribution in [0.4, 0.5) is 0 Å². The van der Waals surface area contributed by atoms with Crippen molar-refractivity contribution in [2.45, 2.75) is 32.6 Å². The van der Waals surface area contributed by atoms with Gasteiger partial charge in [-0.3, -0.25) is 0 Å². The number of fused-ring (bicyclic) bond motifs is 3. The summed E-state index contributed by atoms with van der Waals surface area (Å²) in [4.78, 5) is 0. The lowest BCUT2D eigenvalue weighted by molar-refractivity contribution is 0.796. The van der Waals surface area contributed by atoms with Crippen molar-refractivity contribution in [2.75, 3.05) is 0 Å². The predicted molar refractivity (Wildman–Crippen MR) is 98.7 cm³/mol. The van der Waals surface area contributed by atoms with Crippen molar-refractivity contribution in [1.82, 2.24) is 0 Å². The fraction of sp³-hybridized carbons (Fsp3) is 0.217. The minimum atomic E-state index is 1.06. The molecule has 0 unspecified atom stereocenters. The molecule has 0 radical (unpaired) electrons. The van der Waals surface area contributed by atoms with Crippen LogP contribution in [0.2, 0.25) is 0 Å². The summed E-state index contributed by atoms with van der Waals surface area (Å²) in [7, 11) is 0. The van der Waals surface area contributed by atoms with Crippen molar-refractivity contribution >= 4 is 0 Å². The van der Waals surface area contributed by atoms with E-state index in [-0.39, 0.29) is 0 Å². The molecule has 23 heavy (non-hydrogen) atoms. The molecule has 0 spiro atoms. The highest BCUT2D eigenvalue weighted by Gasteiger charge is 2.21. The minimum Gasteiger partial charge on any atom is -0.0654 e. The van der Waals surface area contributed by atoms with Gasteiger partial charge in [0.15, 0.2) is 0 Å². The van der Waals surface area contributed by atoms with Gasteiger partial charge < -0.3 is 0 Å². The summed E-state index contributed by atoms with van der Waals surface area (Å²) < 4.78 is 0. The lowest BCUT2D eigenvalue weighted by Crippen LogP contribution is -1.94. The minimum absolute atomic E-state index is 1.06. The van der Waals surface area contributed by atoms with Gasteiger partial charge in [-0.05, 0) is 58.2 Å². The maximum Gasteiger partial charge on any atom is -0.000728 e. The molecule has 0 aliphatic heterocycles. The Balaban J connectivity index is 1.84. The molecule has 0 saturated carbocycles. The zero-order chi connectivity index (χ0) is 15.6. The normalized spacial score (nSPS) is 12.0. The van der Waals surface area contributed by atoms with E-state index in [1.807, 2.05) is 0 Å². The van der Waals surface area contributed by atoms with Crippen LogP contribution in [0.25, 0.3) is 22.3 Å². The second-order valence-corrected chi connectivity index (χ2v) is 6.43. The van der Waals surface area contributed by atoms with Gasteiger partial charge in [0.05, 0.1) is 0 Å². The second kappa shape index (κ2) is 6.04. The molecule has 114 valence electrons. The van der Waals surface area contributed by atoms with Crippen molar-refractivity contribution in [2.24, 2.45) is 0 Å². The highest BCUT2D eigenvalue weighted by Crippen LogP contribution is 2.42. The van der Waals surface area contributed by atoms with Crippen LogP contribution in [0.3, 0.4) is 0 Å². The number of aryl methyl sites for hydroxylation is 1. The first-order valence-corrected chi connectivity index (χ1v) is 8.67. The highest BCUT2D eigenvalue weighted by molar-refractivity contribution is 5.85. The van der Waals surface area contributed by atoms with Crippen LogP contribution >= 0.6 is 0 Å². The molecule has 1 aliphatic rings. The number of benzene rings is 3. The monoisotopic (exact) mass is 298 g/mol. The van der Waals surface area contributed by atoms with Gasteiger partial charge in [-0.25, -0.2) is 0 Å². The van der Waals surface area contributed by atoms with E-state index in [9.17, 15) is 0 Å². The van der Waals surface area contributed by atoms with E-state index in [1.165, 1.54) is 58.2 Å². The summed E-state index contributed by atoms with van der Waals surface area (Å²) in [6.45, 7) is 2.26. The molecule has 3 aromatic rings. The van der Waals surface area contributed by atoms with Gasteiger partial charge in [-0.1, -0.05) is 80.1 Å². The largest absolute Gasteiger partial charge is 0.0654 e. The standard InChI is InChI=1S/C23H22/c1-2-3-9-17-10-4-6-12-19(17)21-14-8-15-22-20-13-7-5-11-18(20)16-23(21)22/h4-8,10-15H,2-3,9,16H2,1H3. The summed E-state index contributed by atoms with van der Waals surface area (Å²) in [5.41, 5.74) is 10.1. The Hall–Kier alpha value is -2.34. The molecule has 0 heteroatoms. The maximum absolute atomic E-state index is 2.30. The number of hydrogen-bond acceptors (Lipinski definition) is 0. The third kappa shape index (κ3) is 2.49. The topological polar surface area (TPSA) is 0 Å². The zero-order valence-electron chi connectivity index (χ0n) is 13.7. The Bertz CT molecular complexity index is 842. The van der Waals surface area contributed by atoms with Gasteiger partial charge >= 0.3 is 0 Å². The van der Waals surface area contributed by atoms with Crippen LogP contribution in [-0.2, 0) is 12.8 Å². The molecule has 0 amide bonds. The van der Waals surface area contributed by atoms with Crippen molar-refractivity contribution < 1.29 is 0 Å². The Labute approximate surface area is 138 Å². The molecule has 0 aromatic heterocycles. The molecule has 4 rings (SSSR count). The molecule has 0 N–H and O–H groups in total. The van der Waals surface area contributed by atoms with Gasteiger partial charge in [0.2, 0.25) is 0 Å². The fourth-order valence-electron chi connectivity index (χ4n) is 3.78. The van der Waals surface area contributed by atoms with Crippen molar-refractivity contribution in [3.63, 3.8) is 0 Å². The van der Waals surface area contributed by atoms with Crippen molar-refractivity contribution in [3.8, 4) is 22.3 Å². The average Bonchev–Trinajstić information content (AvgIpc) is 2.99.